The highest BCUT2D eigenvalue weighted by molar-refractivity contribution is 6.31. The second-order valence-electron chi connectivity index (χ2n) is 3.00. The van der Waals surface area contributed by atoms with Crippen molar-refractivity contribution in [2.45, 2.75) is 13.0 Å². The van der Waals surface area contributed by atoms with Gasteiger partial charge in [0.15, 0.2) is 6.79 Å². The molecule has 0 saturated carbocycles. The Morgan fingerprint density at radius 3 is 3.14 bits per heavy atom. The van der Waals surface area contributed by atoms with Gasteiger partial charge in [-0.3, -0.25) is 0 Å². The Balaban J connectivity index is 2.47. The molecule has 0 unspecified atom stereocenters. The number of rotatable bonds is 2. The summed E-state index contributed by atoms with van der Waals surface area (Å²) in [5.41, 5.74) is 1.69. The van der Waals surface area contributed by atoms with Crippen molar-refractivity contribution in [2.24, 2.45) is 0 Å². The molecule has 4 heteroatoms. The first-order chi connectivity index (χ1) is 6.83. The summed E-state index contributed by atoms with van der Waals surface area (Å²) in [6.07, 6.45) is 1.20. The van der Waals surface area contributed by atoms with E-state index in [2.05, 4.69) is 0 Å². The quantitative estimate of drug-likeness (QED) is 0.703. The second kappa shape index (κ2) is 3.98. The van der Waals surface area contributed by atoms with E-state index in [0.717, 1.165) is 17.4 Å². The Labute approximate surface area is 86.6 Å². The molecule has 0 radical (unpaired) electrons. The minimum atomic E-state index is 0.221. The van der Waals surface area contributed by atoms with Crippen LogP contribution < -0.4 is 4.74 Å². The Bertz CT molecular complexity index is 363. The predicted octanol–water partition coefficient (Wildman–Crippen LogP) is 1.95. The zero-order chi connectivity index (χ0) is 9.97. The van der Waals surface area contributed by atoms with Gasteiger partial charge >= 0.3 is 0 Å². The van der Waals surface area contributed by atoms with Crippen molar-refractivity contribution in [3.8, 4) is 5.75 Å². The molecule has 0 bridgehead atoms. The van der Waals surface area contributed by atoms with Gasteiger partial charge in [-0.05, 0) is 6.07 Å². The third kappa shape index (κ3) is 1.61. The summed E-state index contributed by atoms with van der Waals surface area (Å²) in [5.74, 6) is 0.704. The van der Waals surface area contributed by atoms with Crippen molar-refractivity contribution >= 4 is 17.9 Å². The van der Waals surface area contributed by atoms with E-state index >= 15 is 0 Å². The number of hydrogen-bond donors (Lipinski definition) is 0. The summed E-state index contributed by atoms with van der Waals surface area (Å²) < 4.78 is 10.4. The van der Waals surface area contributed by atoms with Crippen molar-refractivity contribution in [3.63, 3.8) is 0 Å². The lowest BCUT2D eigenvalue weighted by Crippen LogP contribution is -2.13. The number of fused-ring (bicyclic) bond motifs is 1. The molecule has 1 aliphatic heterocycles. The fraction of sp³-hybridized carbons (Fsp3) is 0.300. The van der Waals surface area contributed by atoms with E-state index in [0.29, 0.717) is 23.8 Å². The van der Waals surface area contributed by atoms with Crippen LogP contribution in [0.3, 0.4) is 0 Å². The lowest BCUT2D eigenvalue weighted by molar-refractivity contribution is -0.107. The maximum atomic E-state index is 10.4. The van der Waals surface area contributed by atoms with Crippen molar-refractivity contribution in [3.05, 3.63) is 28.3 Å². The molecule has 1 aromatic carbocycles. The molecule has 14 heavy (non-hydrogen) atoms. The lowest BCUT2D eigenvalue weighted by atomic mass is 10.1. The van der Waals surface area contributed by atoms with E-state index in [1.165, 1.54) is 0 Å². The van der Waals surface area contributed by atoms with Gasteiger partial charge in [-0.15, -0.1) is 0 Å². The molecule has 0 fully saturated rings. The van der Waals surface area contributed by atoms with Crippen molar-refractivity contribution in [2.75, 3.05) is 6.79 Å². The van der Waals surface area contributed by atoms with E-state index in [9.17, 15) is 4.79 Å². The van der Waals surface area contributed by atoms with E-state index in [1.54, 1.807) is 12.1 Å². The molecule has 0 spiro atoms. The largest absolute Gasteiger partial charge is 0.467 e. The number of aldehydes is 1. The van der Waals surface area contributed by atoms with Crippen LogP contribution in [0.2, 0.25) is 5.02 Å². The van der Waals surface area contributed by atoms with Crippen LogP contribution in [0.4, 0.5) is 0 Å². The summed E-state index contributed by atoms with van der Waals surface area (Å²) in [6, 6.07) is 3.57. The molecule has 0 amide bonds. The predicted molar refractivity (Wildman–Crippen MR) is 51.5 cm³/mol. The molecule has 0 atom stereocenters. The van der Waals surface area contributed by atoms with Crippen LogP contribution in [0.15, 0.2) is 12.1 Å². The topological polar surface area (TPSA) is 35.5 Å². The molecule has 2 rings (SSSR count). The number of benzene rings is 1. The zero-order valence-corrected chi connectivity index (χ0v) is 8.21. The van der Waals surface area contributed by atoms with Gasteiger partial charge in [-0.1, -0.05) is 17.7 Å². The van der Waals surface area contributed by atoms with Crippen LogP contribution in [-0.4, -0.2) is 13.1 Å². The van der Waals surface area contributed by atoms with Crippen LogP contribution >= 0.6 is 11.6 Å². The lowest BCUT2D eigenvalue weighted by Gasteiger charge is -2.20. The standard InChI is InChI=1S/C10H9ClO3/c11-9-2-1-7(3-4-12)10-8(9)5-13-6-14-10/h1-2,4H,3,5-6H2. The van der Waals surface area contributed by atoms with Crippen molar-refractivity contribution < 1.29 is 14.3 Å². The van der Waals surface area contributed by atoms with Gasteiger partial charge in [0.05, 0.1) is 6.61 Å². The van der Waals surface area contributed by atoms with Crippen molar-refractivity contribution in [1.29, 1.82) is 0 Å². The number of hydrogen-bond acceptors (Lipinski definition) is 3. The van der Waals surface area contributed by atoms with Gasteiger partial charge in [-0.25, -0.2) is 0 Å². The van der Waals surface area contributed by atoms with Gasteiger partial charge in [-0.2, -0.15) is 0 Å². The normalized spacial score (nSPS) is 14.4. The fourth-order valence-electron chi connectivity index (χ4n) is 1.46. The summed E-state index contributed by atoms with van der Waals surface area (Å²) in [5, 5.41) is 0.620. The van der Waals surface area contributed by atoms with E-state index in [4.69, 9.17) is 21.1 Å². The van der Waals surface area contributed by atoms with Gasteiger partial charge in [0.25, 0.3) is 0 Å². The van der Waals surface area contributed by atoms with E-state index in [-0.39, 0.29) is 6.79 Å². The smallest absolute Gasteiger partial charge is 0.189 e. The van der Waals surface area contributed by atoms with Crippen LogP contribution in [0.25, 0.3) is 0 Å². The molecule has 0 saturated heterocycles. The molecular formula is C10H9ClO3. The van der Waals surface area contributed by atoms with E-state index < -0.39 is 0 Å². The molecule has 1 aliphatic rings. The number of halogens is 1. The third-order valence-corrected chi connectivity index (χ3v) is 2.48. The first-order valence-corrected chi connectivity index (χ1v) is 4.65. The third-order valence-electron chi connectivity index (χ3n) is 2.12. The molecule has 0 N–H and O–H groups in total. The van der Waals surface area contributed by atoms with Crippen molar-refractivity contribution in [1.82, 2.24) is 0 Å². The Morgan fingerprint density at radius 2 is 2.36 bits per heavy atom. The Kier molecular flexibility index (Phi) is 2.70. The SMILES string of the molecule is O=CCc1ccc(Cl)c2c1OCOC2. The minimum Gasteiger partial charge on any atom is -0.467 e. The van der Waals surface area contributed by atoms with Crippen LogP contribution in [-0.2, 0) is 22.6 Å². The van der Waals surface area contributed by atoms with E-state index in [1.807, 2.05) is 0 Å². The van der Waals surface area contributed by atoms with Crippen LogP contribution in [0.1, 0.15) is 11.1 Å². The highest BCUT2D eigenvalue weighted by Crippen LogP contribution is 2.33. The van der Waals surface area contributed by atoms with Gasteiger partial charge in [0.2, 0.25) is 0 Å². The molecule has 0 aromatic heterocycles. The molecule has 74 valence electrons. The highest BCUT2D eigenvalue weighted by atomic mass is 35.5. The first-order valence-electron chi connectivity index (χ1n) is 4.27. The Hall–Kier alpha value is -1.06. The average molecular weight is 213 g/mol. The number of carbonyl (C=O) groups excluding carboxylic acids is 1. The summed E-state index contributed by atoms with van der Waals surface area (Å²) in [7, 11) is 0. The van der Waals surface area contributed by atoms with Crippen LogP contribution in [0, 0.1) is 0 Å². The maximum absolute atomic E-state index is 10.4. The minimum absolute atomic E-state index is 0.221. The molecule has 1 aromatic rings. The maximum Gasteiger partial charge on any atom is 0.189 e. The molecule has 0 aliphatic carbocycles. The van der Waals surface area contributed by atoms with Gasteiger partial charge < -0.3 is 14.3 Å². The van der Waals surface area contributed by atoms with Gasteiger partial charge in [0.1, 0.15) is 12.0 Å². The highest BCUT2D eigenvalue weighted by Gasteiger charge is 2.17. The first kappa shape index (κ1) is 9.49. The summed E-state index contributed by atoms with van der Waals surface area (Å²) in [4.78, 5) is 10.4. The Morgan fingerprint density at radius 1 is 1.50 bits per heavy atom. The van der Waals surface area contributed by atoms with Gasteiger partial charge in [0, 0.05) is 22.6 Å². The number of carbonyl (C=O) groups is 1. The summed E-state index contributed by atoms with van der Waals surface area (Å²) >= 11 is 5.97. The fourth-order valence-corrected chi connectivity index (χ4v) is 1.66. The zero-order valence-electron chi connectivity index (χ0n) is 7.46. The molecule has 3 nitrogen and oxygen atoms in total. The second-order valence-corrected chi connectivity index (χ2v) is 3.40. The monoisotopic (exact) mass is 212 g/mol. The average Bonchev–Trinajstić information content (AvgIpc) is 2.23. The number of ether oxygens (including phenoxy) is 2. The molecular weight excluding hydrogens is 204 g/mol. The van der Waals surface area contributed by atoms with Crippen LogP contribution in [0.5, 0.6) is 5.75 Å². The molecule has 1 heterocycles. The summed E-state index contributed by atoms with van der Waals surface area (Å²) in [6.45, 7) is 0.667.